The van der Waals surface area contributed by atoms with E-state index >= 15 is 0 Å². The second-order valence-corrected chi connectivity index (χ2v) is 4.23. The first kappa shape index (κ1) is 19.9. The van der Waals surface area contributed by atoms with Crippen LogP contribution in [0.3, 0.4) is 0 Å². The van der Waals surface area contributed by atoms with Crippen molar-refractivity contribution in [3.8, 4) is 11.5 Å². The van der Waals surface area contributed by atoms with Crippen molar-refractivity contribution in [3.05, 3.63) is 27.8 Å². The Kier molecular flexibility index (Phi) is 8.88. The van der Waals surface area contributed by atoms with Crippen LogP contribution in [-0.4, -0.2) is 38.1 Å². The molecule has 0 aliphatic carbocycles. The third-order valence-electron chi connectivity index (χ3n) is 2.86. The standard InChI is InChI=1S/C13H19N3O5.ClH/c1-20-11-7-9(13(17)15-6-4-3-5-14)10(16(18)19)8-12(11)21-2;/h7-8H,3-6,14H2,1-2H3,(H,15,17);1H. The number of ether oxygens (including phenoxy) is 2. The van der Waals surface area contributed by atoms with Crippen molar-refractivity contribution < 1.29 is 19.2 Å². The van der Waals surface area contributed by atoms with E-state index in [-0.39, 0.29) is 35.2 Å². The molecule has 8 nitrogen and oxygen atoms in total. The van der Waals surface area contributed by atoms with Gasteiger partial charge in [0.15, 0.2) is 11.5 Å². The van der Waals surface area contributed by atoms with Crippen molar-refractivity contribution in [1.29, 1.82) is 0 Å². The van der Waals surface area contributed by atoms with Gasteiger partial charge in [-0.15, -0.1) is 12.4 Å². The van der Waals surface area contributed by atoms with Gasteiger partial charge in [-0.1, -0.05) is 0 Å². The van der Waals surface area contributed by atoms with Gasteiger partial charge in [-0.2, -0.15) is 0 Å². The molecule has 0 atom stereocenters. The maximum atomic E-state index is 12.1. The number of hydrogen-bond donors (Lipinski definition) is 2. The second kappa shape index (κ2) is 9.80. The zero-order chi connectivity index (χ0) is 15.8. The highest BCUT2D eigenvalue weighted by atomic mass is 35.5. The molecule has 0 aliphatic heterocycles. The molecule has 0 saturated heterocycles. The molecule has 0 heterocycles. The quantitative estimate of drug-likeness (QED) is 0.423. The molecule has 1 aromatic rings. The molecule has 0 aliphatic rings. The van der Waals surface area contributed by atoms with Gasteiger partial charge in [0.2, 0.25) is 0 Å². The third-order valence-corrected chi connectivity index (χ3v) is 2.86. The summed E-state index contributed by atoms with van der Waals surface area (Å²) in [7, 11) is 2.76. The van der Waals surface area contributed by atoms with Crippen molar-refractivity contribution in [2.75, 3.05) is 27.3 Å². The van der Waals surface area contributed by atoms with Crippen molar-refractivity contribution in [1.82, 2.24) is 5.32 Å². The summed E-state index contributed by atoms with van der Waals surface area (Å²) in [6, 6.07) is 2.48. The molecule has 0 aromatic heterocycles. The number of hydrogen-bond acceptors (Lipinski definition) is 6. The van der Waals surface area contributed by atoms with Crippen molar-refractivity contribution in [2.24, 2.45) is 5.73 Å². The smallest absolute Gasteiger partial charge is 0.286 e. The van der Waals surface area contributed by atoms with Crippen LogP contribution in [0.2, 0.25) is 0 Å². The number of nitro benzene ring substituents is 1. The van der Waals surface area contributed by atoms with Crippen molar-refractivity contribution in [3.63, 3.8) is 0 Å². The van der Waals surface area contributed by atoms with E-state index in [9.17, 15) is 14.9 Å². The van der Waals surface area contributed by atoms with E-state index in [0.717, 1.165) is 6.42 Å². The number of nitrogens with one attached hydrogen (secondary N) is 1. The molecule has 9 heteroatoms. The summed E-state index contributed by atoms with van der Waals surface area (Å²) in [6.07, 6.45) is 1.48. The van der Waals surface area contributed by atoms with Crippen LogP contribution in [0.25, 0.3) is 0 Å². The summed E-state index contributed by atoms with van der Waals surface area (Å²) in [6.45, 7) is 0.938. The second-order valence-electron chi connectivity index (χ2n) is 4.23. The molecule has 1 aromatic carbocycles. The third kappa shape index (κ3) is 5.05. The molecule has 0 radical (unpaired) electrons. The summed E-state index contributed by atoms with van der Waals surface area (Å²) >= 11 is 0. The fraction of sp³-hybridized carbons (Fsp3) is 0.462. The van der Waals surface area contributed by atoms with Gasteiger partial charge in [0.25, 0.3) is 11.6 Å². The monoisotopic (exact) mass is 333 g/mol. The van der Waals surface area contributed by atoms with Gasteiger partial charge in [0, 0.05) is 12.6 Å². The first-order valence-corrected chi connectivity index (χ1v) is 6.43. The first-order valence-electron chi connectivity index (χ1n) is 6.43. The highest BCUT2D eigenvalue weighted by Gasteiger charge is 2.24. The van der Waals surface area contributed by atoms with Gasteiger partial charge < -0.3 is 20.5 Å². The predicted octanol–water partition coefficient (Wildman–Crippen LogP) is 1.50. The lowest BCUT2D eigenvalue weighted by molar-refractivity contribution is -0.385. The number of carbonyl (C=O) groups excluding carboxylic acids is 1. The number of rotatable bonds is 8. The molecule has 0 fully saturated rings. The SMILES string of the molecule is COc1cc(C(=O)NCCCCN)c([N+](=O)[O-])cc1OC.Cl. The van der Waals surface area contributed by atoms with E-state index in [2.05, 4.69) is 5.32 Å². The molecule has 0 spiro atoms. The number of nitrogens with zero attached hydrogens (tertiary/aromatic N) is 1. The summed E-state index contributed by atoms with van der Waals surface area (Å²) in [5.74, 6) is -0.0706. The van der Waals surface area contributed by atoms with E-state index < -0.39 is 10.8 Å². The normalized spacial score (nSPS) is 9.59. The van der Waals surface area contributed by atoms with Crippen LogP contribution in [0.5, 0.6) is 11.5 Å². The first-order chi connectivity index (χ1) is 10.0. The fourth-order valence-corrected chi connectivity index (χ4v) is 1.77. The number of halogens is 1. The lowest BCUT2D eigenvalue weighted by atomic mass is 10.1. The van der Waals surface area contributed by atoms with Crippen LogP contribution in [0.15, 0.2) is 12.1 Å². The van der Waals surface area contributed by atoms with Gasteiger partial charge in [0.1, 0.15) is 5.56 Å². The average molecular weight is 334 g/mol. The Morgan fingerprint density at radius 3 is 2.36 bits per heavy atom. The maximum Gasteiger partial charge on any atom is 0.286 e. The molecule has 124 valence electrons. The summed E-state index contributed by atoms with van der Waals surface area (Å²) in [4.78, 5) is 22.5. The van der Waals surface area contributed by atoms with Crippen molar-refractivity contribution in [2.45, 2.75) is 12.8 Å². The maximum absolute atomic E-state index is 12.1. The number of methoxy groups -OCH3 is 2. The molecule has 0 bridgehead atoms. The topological polar surface area (TPSA) is 117 Å². The van der Waals surface area contributed by atoms with E-state index in [1.807, 2.05) is 0 Å². The minimum Gasteiger partial charge on any atom is -0.493 e. The van der Waals surface area contributed by atoms with Crippen LogP contribution < -0.4 is 20.5 Å². The Balaban J connectivity index is 0.00000441. The number of carbonyl (C=O) groups is 1. The van der Waals surface area contributed by atoms with Crippen LogP contribution >= 0.6 is 12.4 Å². The zero-order valence-electron chi connectivity index (χ0n) is 12.5. The number of benzene rings is 1. The van der Waals surface area contributed by atoms with E-state index in [1.165, 1.54) is 26.4 Å². The van der Waals surface area contributed by atoms with E-state index in [4.69, 9.17) is 15.2 Å². The number of amides is 1. The minimum absolute atomic E-state index is 0. The Labute approximate surface area is 134 Å². The van der Waals surface area contributed by atoms with Crippen LogP contribution in [0.4, 0.5) is 5.69 Å². The summed E-state index contributed by atoms with van der Waals surface area (Å²) < 4.78 is 10.1. The lowest BCUT2D eigenvalue weighted by Crippen LogP contribution is -2.25. The van der Waals surface area contributed by atoms with Gasteiger partial charge in [-0.3, -0.25) is 14.9 Å². The Hall–Kier alpha value is -2.06. The van der Waals surface area contributed by atoms with Crippen LogP contribution in [-0.2, 0) is 0 Å². The van der Waals surface area contributed by atoms with Crippen LogP contribution in [0.1, 0.15) is 23.2 Å². The zero-order valence-corrected chi connectivity index (χ0v) is 13.3. The van der Waals surface area contributed by atoms with E-state index in [1.54, 1.807) is 0 Å². The largest absolute Gasteiger partial charge is 0.493 e. The molecular formula is C13H20ClN3O5. The van der Waals surface area contributed by atoms with Gasteiger partial charge in [-0.25, -0.2) is 0 Å². The number of nitro groups is 1. The van der Waals surface area contributed by atoms with E-state index in [0.29, 0.717) is 19.5 Å². The van der Waals surface area contributed by atoms with Gasteiger partial charge in [0.05, 0.1) is 25.2 Å². The number of unbranched alkanes of at least 4 members (excludes halogenated alkanes) is 1. The highest BCUT2D eigenvalue weighted by molar-refractivity contribution is 5.99. The van der Waals surface area contributed by atoms with Crippen LogP contribution in [0, 0.1) is 10.1 Å². The average Bonchev–Trinajstić information content (AvgIpc) is 2.49. The fourth-order valence-electron chi connectivity index (χ4n) is 1.77. The molecule has 0 unspecified atom stereocenters. The Morgan fingerprint density at radius 2 is 1.86 bits per heavy atom. The predicted molar refractivity (Wildman–Crippen MR) is 84.1 cm³/mol. The van der Waals surface area contributed by atoms with Gasteiger partial charge in [-0.05, 0) is 19.4 Å². The van der Waals surface area contributed by atoms with Crippen molar-refractivity contribution >= 4 is 24.0 Å². The summed E-state index contributed by atoms with van der Waals surface area (Å²) in [5, 5.41) is 13.7. The molecule has 1 amide bonds. The highest BCUT2D eigenvalue weighted by Crippen LogP contribution is 2.34. The number of nitrogens with two attached hydrogens (primary N) is 1. The Bertz CT molecular complexity index is 525. The minimum atomic E-state index is -0.628. The molecule has 3 N–H and O–H groups in total. The molecule has 0 saturated carbocycles. The van der Waals surface area contributed by atoms with Gasteiger partial charge >= 0.3 is 0 Å². The molecule has 22 heavy (non-hydrogen) atoms. The molecular weight excluding hydrogens is 314 g/mol. The lowest BCUT2D eigenvalue weighted by Gasteiger charge is -2.10. The molecule has 1 rings (SSSR count). The summed E-state index contributed by atoms with van der Waals surface area (Å²) in [5.41, 5.74) is 4.96. The Morgan fingerprint density at radius 1 is 1.27 bits per heavy atom.